The number of allylic oxidation sites excluding steroid dienone is 1. The Morgan fingerprint density at radius 2 is 1.74 bits per heavy atom. The van der Waals surface area contributed by atoms with Crippen LogP contribution in [0.1, 0.15) is 58.3 Å². The van der Waals surface area contributed by atoms with Crippen molar-refractivity contribution in [1.29, 1.82) is 0 Å². The Morgan fingerprint density at radius 3 is 2.30 bits per heavy atom. The number of hydrogen-bond acceptors (Lipinski definition) is 4. The van der Waals surface area contributed by atoms with Crippen LogP contribution in [0.25, 0.3) is 0 Å². The molecule has 0 radical (unpaired) electrons. The Hall–Kier alpha value is -1.69. The summed E-state index contributed by atoms with van der Waals surface area (Å²) in [6.07, 6.45) is 10.5. The quantitative estimate of drug-likeness (QED) is 0.262. The van der Waals surface area contributed by atoms with E-state index < -0.39 is 0 Å². The molecule has 0 aliphatic carbocycles. The third-order valence-corrected chi connectivity index (χ3v) is 3.70. The van der Waals surface area contributed by atoms with Crippen LogP contribution in [-0.4, -0.2) is 23.6 Å². The first-order valence-electron chi connectivity index (χ1n) is 8.16. The van der Waals surface area contributed by atoms with Crippen molar-refractivity contribution in [2.24, 2.45) is 0 Å². The number of ether oxygens (including phenoxy) is 1. The summed E-state index contributed by atoms with van der Waals surface area (Å²) in [4.78, 5) is 22.5. The molecule has 0 aromatic carbocycles. The zero-order valence-corrected chi connectivity index (χ0v) is 14.6. The van der Waals surface area contributed by atoms with Crippen molar-refractivity contribution >= 4 is 29.2 Å². The van der Waals surface area contributed by atoms with Crippen molar-refractivity contribution in [3.05, 3.63) is 23.9 Å². The van der Waals surface area contributed by atoms with Crippen molar-refractivity contribution in [1.82, 2.24) is 10.6 Å². The van der Waals surface area contributed by atoms with Gasteiger partial charge >= 0.3 is 5.97 Å². The van der Waals surface area contributed by atoms with E-state index in [9.17, 15) is 9.59 Å². The van der Waals surface area contributed by atoms with Gasteiger partial charge in [0.2, 0.25) is 0 Å². The maximum Gasteiger partial charge on any atom is 0.333 e. The van der Waals surface area contributed by atoms with Crippen molar-refractivity contribution < 1.29 is 14.3 Å². The van der Waals surface area contributed by atoms with Gasteiger partial charge < -0.3 is 10.1 Å². The van der Waals surface area contributed by atoms with Gasteiger partial charge in [-0.15, -0.1) is 0 Å². The van der Waals surface area contributed by atoms with Crippen LogP contribution in [-0.2, 0) is 14.3 Å². The molecule has 1 saturated heterocycles. The van der Waals surface area contributed by atoms with Crippen LogP contribution in [0.2, 0.25) is 0 Å². The summed E-state index contributed by atoms with van der Waals surface area (Å²) in [5.74, 6) is -0.437. The van der Waals surface area contributed by atoms with Crippen LogP contribution in [0.4, 0.5) is 0 Å². The first-order valence-corrected chi connectivity index (χ1v) is 8.56. The topological polar surface area (TPSA) is 67.4 Å². The molecule has 1 aliphatic rings. The van der Waals surface area contributed by atoms with Crippen molar-refractivity contribution in [2.75, 3.05) is 6.61 Å². The minimum absolute atomic E-state index is 0.137. The van der Waals surface area contributed by atoms with Crippen LogP contribution < -0.4 is 10.6 Å². The zero-order chi connectivity index (χ0) is 17.1. The van der Waals surface area contributed by atoms with Gasteiger partial charge in [-0.3, -0.25) is 10.1 Å². The molecule has 0 aromatic rings. The van der Waals surface area contributed by atoms with E-state index in [0.717, 1.165) is 38.5 Å². The summed E-state index contributed by atoms with van der Waals surface area (Å²) >= 11 is 4.86. The zero-order valence-electron chi connectivity index (χ0n) is 13.8. The van der Waals surface area contributed by atoms with Crippen LogP contribution >= 0.6 is 12.2 Å². The molecule has 2 N–H and O–H groups in total. The van der Waals surface area contributed by atoms with E-state index in [0.29, 0.717) is 23.0 Å². The summed E-state index contributed by atoms with van der Waals surface area (Å²) in [6.45, 7) is 5.68. The lowest BCUT2D eigenvalue weighted by molar-refractivity contribution is -0.139. The monoisotopic (exact) mass is 338 g/mol. The highest BCUT2D eigenvalue weighted by molar-refractivity contribution is 7.80. The summed E-state index contributed by atoms with van der Waals surface area (Å²) in [6, 6.07) is 0. The number of rotatable bonds is 11. The Labute approximate surface area is 143 Å². The average Bonchev–Trinajstić information content (AvgIpc) is 2.82. The van der Waals surface area contributed by atoms with E-state index in [1.165, 1.54) is 12.8 Å². The fourth-order valence-electron chi connectivity index (χ4n) is 2.19. The molecule has 5 nitrogen and oxygen atoms in total. The van der Waals surface area contributed by atoms with E-state index in [1.807, 2.05) is 6.08 Å². The average molecular weight is 338 g/mol. The van der Waals surface area contributed by atoms with E-state index in [1.54, 1.807) is 6.92 Å². The fourth-order valence-corrected chi connectivity index (χ4v) is 2.39. The molecule has 128 valence electrons. The fraction of sp³-hybridized carbons (Fsp3) is 0.588. The Bertz CT molecular complexity index is 486. The standard InChI is InChI=1S/C17H26N2O3S/c1-13(2)16(21)22-12-10-8-6-4-3-5-7-9-11-14-15(20)19-17(23)18-14/h11H,1,3-10,12H2,2H3,(H2,18,19,20,23). The molecule has 0 aromatic heterocycles. The predicted molar refractivity (Wildman–Crippen MR) is 94.7 cm³/mol. The first-order chi connectivity index (χ1) is 11.0. The molecule has 1 amide bonds. The number of carbonyl (C=O) groups is 2. The smallest absolute Gasteiger partial charge is 0.333 e. The molecule has 1 fully saturated rings. The lowest BCUT2D eigenvalue weighted by Gasteiger charge is -2.04. The number of esters is 1. The molecular weight excluding hydrogens is 312 g/mol. The summed E-state index contributed by atoms with van der Waals surface area (Å²) in [7, 11) is 0. The number of unbranched alkanes of at least 4 members (excludes halogenated alkanes) is 7. The number of amides is 1. The second-order valence-corrected chi connectivity index (χ2v) is 6.11. The maximum atomic E-state index is 11.4. The second-order valence-electron chi connectivity index (χ2n) is 5.71. The highest BCUT2D eigenvalue weighted by Gasteiger charge is 2.18. The third kappa shape index (κ3) is 8.50. The van der Waals surface area contributed by atoms with Crippen molar-refractivity contribution in [2.45, 2.75) is 58.3 Å². The van der Waals surface area contributed by atoms with Gasteiger partial charge in [0.05, 0.1) is 6.61 Å². The van der Waals surface area contributed by atoms with Crippen molar-refractivity contribution in [3.8, 4) is 0 Å². The molecule has 1 heterocycles. The number of nitrogens with one attached hydrogen (secondary N) is 2. The normalized spacial score (nSPS) is 15.4. The summed E-state index contributed by atoms with van der Waals surface area (Å²) < 4.78 is 5.04. The third-order valence-electron chi connectivity index (χ3n) is 3.50. The molecule has 0 unspecified atom stereocenters. The lowest BCUT2D eigenvalue weighted by atomic mass is 10.1. The number of hydrogen-bond donors (Lipinski definition) is 2. The number of carbonyl (C=O) groups excluding carboxylic acids is 2. The molecule has 1 aliphatic heterocycles. The lowest BCUT2D eigenvalue weighted by Crippen LogP contribution is -2.21. The van der Waals surface area contributed by atoms with E-state index in [2.05, 4.69) is 17.2 Å². The minimum atomic E-state index is -0.301. The summed E-state index contributed by atoms with van der Waals surface area (Å²) in [5, 5.41) is 5.77. The van der Waals surface area contributed by atoms with Gasteiger partial charge in [0.15, 0.2) is 5.11 Å². The van der Waals surface area contributed by atoms with Gasteiger partial charge in [-0.25, -0.2) is 4.79 Å². The molecule has 0 atom stereocenters. The second kappa shape index (κ2) is 10.9. The van der Waals surface area contributed by atoms with Gasteiger partial charge in [-0.2, -0.15) is 0 Å². The molecule has 0 bridgehead atoms. The largest absolute Gasteiger partial charge is 0.462 e. The molecule has 23 heavy (non-hydrogen) atoms. The van der Waals surface area contributed by atoms with Gasteiger partial charge in [-0.1, -0.05) is 44.8 Å². The molecule has 1 rings (SSSR count). The van der Waals surface area contributed by atoms with E-state index in [-0.39, 0.29) is 11.9 Å². The van der Waals surface area contributed by atoms with E-state index in [4.69, 9.17) is 17.0 Å². The van der Waals surface area contributed by atoms with Crippen LogP contribution in [0, 0.1) is 0 Å². The van der Waals surface area contributed by atoms with Gasteiger partial charge in [0, 0.05) is 5.57 Å². The Morgan fingerprint density at radius 1 is 1.13 bits per heavy atom. The SMILES string of the molecule is C=C(C)C(=O)OCCCCCCCCCC=C1NC(=S)NC1=O. The first kappa shape index (κ1) is 19.4. The molecule has 0 saturated carbocycles. The van der Waals surface area contributed by atoms with Crippen LogP contribution in [0.15, 0.2) is 23.9 Å². The van der Waals surface area contributed by atoms with Crippen LogP contribution in [0.5, 0.6) is 0 Å². The molecule has 0 spiro atoms. The Balaban J connectivity index is 1.89. The highest BCUT2D eigenvalue weighted by Crippen LogP contribution is 2.10. The molecular formula is C17H26N2O3S. The van der Waals surface area contributed by atoms with Gasteiger partial charge in [0.25, 0.3) is 5.91 Å². The van der Waals surface area contributed by atoms with E-state index >= 15 is 0 Å². The minimum Gasteiger partial charge on any atom is -0.462 e. The van der Waals surface area contributed by atoms with Crippen LogP contribution in [0.3, 0.4) is 0 Å². The predicted octanol–water partition coefficient (Wildman–Crippen LogP) is 3.11. The number of thiocarbonyl (C=S) groups is 1. The van der Waals surface area contributed by atoms with Gasteiger partial charge in [-0.05, 0) is 38.4 Å². The maximum absolute atomic E-state index is 11.4. The molecule has 6 heteroatoms. The van der Waals surface area contributed by atoms with Gasteiger partial charge in [0.1, 0.15) is 5.70 Å². The Kier molecular flexibility index (Phi) is 9.21. The summed E-state index contributed by atoms with van der Waals surface area (Å²) in [5.41, 5.74) is 1.02. The van der Waals surface area contributed by atoms with Crippen molar-refractivity contribution in [3.63, 3.8) is 0 Å². The highest BCUT2D eigenvalue weighted by atomic mass is 32.1.